The number of carbonyl (C=O) groups is 2. The second kappa shape index (κ2) is 9.23. The van der Waals surface area contributed by atoms with Crippen molar-refractivity contribution in [3.63, 3.8) is 0 Å². The van der Waals surface area contributed by atoms with E-state index in [0.717, 1.165) is 15.4 Å². The molecule has 0 saturated carbocycles. The largest absolute Gasteiger partial charge is 0.462 e. The lowest BCUT2D eigenvalue weighted by atomic mass is 10.2. The predicted octanol–water partition coefficient (Wildman–Crippen LogP) is 2.79. The smallest absolute Gasteiger partial charge is 0.273 e. The molecule has 0 radical (unpaired) electrons. The van der Waals surface area contributed by atoms with Crippen LogP contribution in [0.3, 0.4) is 0 Å². The van der Waals surface area contributed by atoms with Crippen LogP contribution in [0.5, 0.6) is 0 Å². The van der Waals surface area contributed by atoms with Gasteiger partial charge in [0, 0.05) is 37.6 Å². The number of aromatic nitrogens is 1. The van der Waals surface area contributed by atoms with Gasteiger partial charge >= 0.3 is 0 Å². The minimum absolute atomic E-state index is 0.00272. The van der Waals surface area contributed by atoms with Crippen LogP contribution in [0.15, 0.2) is 53.1 Å². The summed E-state index contributed by atoms with van der Waals surface area (Å²) >= 11 is 1.46. The zero-order valence-electron chi connectivity index (χ0n) is 16.8. The molecule has 0 bridgehead atoms. The molecule has 8 heteroatoms. The molecule has 30 heavy (non-hydrogen) atoms. The molecule has 3 aromatic rings. The number of piperazine rings is 1. The number of nitrogens with one attached hydrogen (secondary N) is 1. The van der Waals surface area contributed by atoms with E-state index in [-0.39, 0.29) is 11.8 Å². The van der Waals surface area contributed by atoms with Gasteiger partial charge in [0.15, 0.2) is 10.8 Å². The van der Waals surface area contributed by atoms with Crippen molar-refractivity contribution in [2.75, 3.05) is 32.7 Å². The van der Waals surface area contributed by atoms with Crippen LogP contribution in [0.1, 0.15) is 20.9 Å². The summed E-state index contributed by atoms with van der Waals surface area (Å²) in [5.41, 5.74) is 1.56. The van der Waals surface area contributed by atoms with Crippen molar-refractivity contribution in [3.05, 3.63) is 64.9 Å². The molecule has 156 valence electrons. The van der Waals surface area contributed by atoms with Crippen molar-refractivity contribution in [1.82, 2.24) is 20.1 Å². The van der Waals surface area contributed by atoms with E-state index in [4.69, 9.17) is 4.42 Å². The van der Waals surface area contributed by atoms with Gasteiger partial charge in [-0.2, -0.15) is 0 Å². The highest BCUT2D eigenvalue weighted by Gasteiger charge is 2.26. The Kier molecular flexibility index (Phi) is 6.25. The first kappa shape index (κ1) is 20.3. The zero-order chi connectivity index (χ0) is 20.9. The van der Waals surface area contributed by atoms with E-state index < -0.39 is 0 Å². The van der Waals surface area contributed by atoms with Crippen LogP contribution in [-0.2, 0) is 11.3 Å². The van der Waals surface area contributed by atoms with E-state index in [9.17, 15) is 9.59 Å². The van der Waals surface area contributed by atoms with Gasteiger partial charge in [0.1, 0.15) is 5.69 Å². The van der Waals surface area contributed by atoms with Crippen molar-refractivity contribution in [3.8, 4) is 10.8 Å². The Bertz CT molecular complexity index is 993. The first-order chi connectivity index (χ1) is 14.6. The molecule has 2 amide bonds. The molecule has 1 saturated heterocycles. The Morgan fingerprint density at radius 1 is 1.10 bits per heavy atom. The molecule has 1 aliphatic rings. The zero-order valence-corrected chi connectivity index (χ0v) is 17.7. The summed E-state index contributed by atoms with van der Waals surface area (Å²) in [5.74, 6) is 0.611. The molecular formula is C22H24N4O3S. The van der Waals surface area contributed by atoms with Gasteiger partial charge in [-0.1, -0.05) is 30.3 Å². The summed E-state index contributed by atoms with van der Waals surface area (Å²) in [6.45, 7) is 5.27. The number of carbonyl (C=O) groups excluding carboxylic acids is 2. The predicted molar refractivity (Wildman–Crippen MR) is 115 cm³/mol. The van der Waals surface area contributed by atoms with Crippen molar-refractivity contribution in [2.45, 2.75) is 13.5 Å². The van der Waals surface area contributed by atoms with E-state index in [0.29, 0.717) is 50.7 Å². The maximum Gasteiger partial charge on any atom is 0.273 e. The van der Waals surface area contributed by atoms with Crippen LogP contribution in [0.4, 0.5) is 0 Å². The van der Waals surface area contributed by atoms with E-state index in [2.05, 4.69) is 15.2 Å². The summed E-state index contributed by atoms with van der Waals surface area (Å²) < 4.78 is 5.39. The van der Waals surface area contributed by atoms with Gasteiger partial charge in [-0.15, -0.1) is 11.3 Å². The summed E-state index contributed by atoms with van der Waals surface area (Å²) in [5, 5.41) is 3.67. The Hall–Kier alpha value is -2.97. The topological polar surface area (TPSA) is 78.7 Å². The lowest BCUT2D eigenvalue weighted by Gasteiger charge is -2.34. The molecule has 4 rings (SSSR count). The monoisotopic (exact) mass is 424 g/mol. The maximum atomic E-state index is 12.9. The number of benzene rings is 1. The minimum atomic E-state index is -0.0604. The molecule has 1 N–H and O–H groups in total. The highest BCUT2D eigenvalue weighted by molar-refractivity contribution is 7.15. The molecule has 1 aromatic carbocycles. The molecule has 1 fully saturated rings. The lowest BCUT2D eigenvalue weighted by Crippen LogP contribution is -2.51. The van der Waals surface area contributed by atoms with Crippen LogP contribution in [0.2, 0.25) is 0 Å². The van der Waals surface area contributed by atoms with Crippen molar-refractivity contribution in [1.29, 1.82) is 0 Å². The number of furan rings is 1. The van der Waals surface area contributed by atoms with E-state index in [1.165, 1.54) is 11.3 Å². The second-order valence-electron chi connectivity index (χ2n) is 7.23. The summed E-state index contributed by atoms with van der Waals surface area (Å²) in [6.07, 6.45) is 1.60. The van der Waals surface area contributed by atoms with Gasteiger partial charge in [0.05, 0.1) is 12.8 Å². The first-order valence-corrected chi connectivity index (χ1v) is 10.8. The number of amides is 2. The normalized spacial score (nSPS) is 14.6. The van der Waals surface area contributed by atoms with E-state index in [1.54, 1.807) is 6.26 Å². The number of hydrogen-bond acceptors (Lipinski definition) is 6. The molecular weight excluding hydrogens is 400 g/mol. The number of hydrogen-bond donors (Lipinski definition) is 1. The highest BCUT2D eigenvalue weighted by Crippen LogP contribution is 2.28. The van der Waals surface area contributed by atoms with E-state index >= 15 is 0 Å². The highest BCUT2D eigenvalue weighted by atomic mass is 32.1. The van der Waals surface area contributed by atoms with Gasteiger partial charge in [0.25, 0.3) is 5.91 Å². The number of rotatable bonds is 6. The quantitative estimate of drug-likeness (QED) is 0.658. The third kappa shape index (κ3) is 4.77. The van der Waals surface area contributed by atoms with Gasteiger partial charge in [0.2, 0.25) is 5.91 Å². The fourth-order valence-electron chi connectivity index (χ4n) is 3.41. The van der Waals surface area contributed by atoms with Gasteiger partial charge < -0.3 is 14.6 Å². The lowest BCUT2D eigenvalue weighted by molar-refractivity contribution is -0.122. The number of nitrogens with zero attached hydrogens (tertiary/aromatic N) is 3. The molecule has 1 aliphatic heterocycles. The Labute approximate surface area is 179 Å². The second-order valence-corrected chi connectivity index (χ2v) is 8.43. The average Bonchev–Trinajstić information content (AvgIpc) is 3.43. The molecule has 0 spiro atoms. The van der Waals surface area contributed by atoms with Crippen molar-refractivity contribution < 1.29 is 14.0 Å². The van der Waals surface area contributed by atoms with Crippen LogP contribution in [-0.4, -0.2) is 59.3 Å². The third-order valence-corrected chi connectivity index (χ3v) is 6.08. The fraction of sp³-hybridized carbons (Fsp3) is 0.318. The number of aryl methyl sites for hydroxylation is 1. The van der Waals surface area contributed by atoms with E-state index in [1.807, 2.05) is 54.3 Å². The van der Waals surface area contributed by atoms with Gasteiger partial charge in [-0.05, 0) is 24.6 Å². The Morgan fingerprint density at radius 3 is 2.57 bits per heavy atom. The van der Waals surface area contributed by atoms with Crippen LogP contribution in [0, 0.1) is 6.92 Å². The van der Waals surface area contributed by atoms with Crippen molar-refractivity contribution >= 4 is 23.2 Å². The summed E-state index contributed by atoms with van der Waals surface area (Å²) in [4.78, 5) is 34.4. The minimum Gasteiger partial charge on any atom is -0.462 e. The number of thiazole rings is 1. The molecule has 7 nitrogen and oxygen atoms in total. The third-order valence-electron chi connectivity index (χ3n) is 5.09. The molecule has 0 aliphatic carbocycles. The molecule has 0 unspecified atom stereocenters. The van der Waals surface area contributed by atoms with Crippen molar-refractivity contribution in [2.24, 2.45) is 0 Å². The standard InChI is InChI=1S/C22H24N4O3S/c1-16-20(24-21(30-16)18-8-5-13-29-18)22(28)26-11-9-25(10-12-26)15-19(27)23-14-17-6-3-2-4-7-17/h2-8,13H,9-12,14-15H2,1H3,(H,23,27). The van der Waals surface area contributed by atoms with Crippen LogP contribution < -0.4 is 5.32 Å². The maximum absolute atomic E-state index is 12.9. The summed E-state index contributed by atoms with van der Waals surface area (Å²) in [6, 6.07) is 13.5. The fourth-order valence-corrected chi connectivity index (χ4v) is 4.29. The van der Waals surface area contributed by atoms with Gasteiger partial charge in [-0.3, -0.25) is 14.5 Å². The van der Waals surface area contributed by atoms with Crippen LogP contribution in [0.25, 0.3) is 10.8 Å². The SMILES string of the molecule is Cc1sc(-c2ccco2)nc1C(=O)N1CCN(CC(=O)NCc2ccccc2)CC1. The molecule has 0 atom stereocenters. The Morgan fingerprint density at radius 2 is 1.87 bits per heavy atom. The van der Waals surface area contributed by atoms with Crippen LogP contribution >= 0.6 is 11.3 Å². The van der Waals surface area contributed by atoms with Gasteiger partial charge in [-0.25, -0.2) is 4.98 Å². The molecule has 3 heterocycles. The molecule has 2 aromatic heterocycles. The summed E-state index contributed by atoms with van der Waals surface area (Å²) in [7, 11) is 0. The average molecular weight is 425 g/mol. The Balaban J connectivity index is 1.27. The first-order valence-electron chi connectivity index (χ1n) is 9.93.